The summed E-state index contributed by atoms with van der Waals surface area (Å²) in [6.07, 6.45) is -9.00. The van der Waals surface area contributed by atoms with Crippen LogP contribution in [0.1, 0.15) is 36.1 Å². The molecule has 2 heterocycles. The standard InChI is InChI=1S/C57H36F6N2O2/c1-55(2)47-31-34-29-39(64(37-23-18-35(19-24-37)56(58,59)60)49-13-7-11-44-42-9-3-5-15-51(42)66-53(44)49)22-17-33(34)30-46(47)41-28-27-40(32-48(41)55)65(38-25-20-36(21-26-38)57(61,62)63)50-14-8-12-45-43-10-4-6-16-52(43)67-54(45)50/h3-32H,1-2H3. The van der Waals surface area contributed by atoms with Crippen molar-refractivity contribution in [1.82, 2.24) is 0 Å². The number of fused-ring (bicyclic) bond motifs is 10. The third kappa shape index (κ3) is 6.45. The molecule has 0 saturated carbocycles. The molecule has 0 fully saturated rings. The summed E-state index contributed by atoms with van der Waals surface area (Å²) < 4.78 is 96.0. The van der Waals surface area contributed by atoms with Crippen molar-refractivity contribution in [3.8, 4) is 11.1 Å². The second kappa shape index (κ2) is 14.5. The average Bonchev–Trinajstić information content (AvgIpc) is 3.97. The highest BCUT2D eigenvalue weighted by Crippen LogP contribution is 2.53. The van der Waals surface area contributed by atoms with Crippen LogP contribution in [0.4, 0.5) is 60.5 Å². The molecule has 11 aromatic rings. The predicted molar refractivity (Wildman–Crippen MR) is 255 cm³/mol. The van der Waals surface area contributed by atoms with E-state index < -0.39 is 28.9 Å². The fourth-order valence-electron chi connectivity index (χ4n) is 10.0. The molecular weight excluding hydrogens is 859 g/mol. The lowest BCUT2D eigenvalue weighted by Crippen LogP contribution is -2.17. The highest BCUT2D eigenvalue weighted by atomic mass is 19.4. The highest BCUT2D eigenvalue weighted by molar-refractivity contribution is 6.12. The maximum absolute atomic E-state index is 13.9. The molecule has 0 radical (unpaired) electrons. The van der Waals surface area contributed by atoms with E-state index in [0.29, 0.717) is 45.1 Å². The minimum atomic E-state index is -4.50. The summed E-state index contributed by atoms with van der Waals surface area (Å²) in [5, 5.41) is 5.52. The molecule has 9 aromatic carbocycles. The van der Waals surface area contributed by atoms with Gasteiger partial charge in [-0.25, -0.2) is 0 Å². The number of nitrogens with zero attached hydrogens (tertiary/aromatic N) is 2. The quantitative estimate of drug-likeness (QED) is 0.156. The molecule has 0 bridgehead atoms. The Kier molecular flexibility index (Phi) is 8.78. The first-order valence-corrected chi connectivity index (χ1v) is 21.7. The fraction of sp³-hybridized carbons (Fsp3) is 0.0877. The molecule has 0 spiro atoms. The first-order valence-electron chi connectivity index (χ1n) is 21.7. The Morgan fingerprint density at radius 2 is 0.836 bits per heavy atom. The van der Waals surface area contributed by atoms with Crippen molar-refractivity contribution in [2.24, 2.45) is 0 Å². The van der Waals surface area contributed by atoms with Crippen molar-refractivity contribution in [3.63, 3.8) is 0 Å². The molecule has 0 atom stereocenters. The minimum Gasteiger partial charge on any atom is -0.454 e. The van der Waals surface area contributed by atoms with E-state index in [-0.39, 0.29) is 0 Å². The van der Waals surface area contributed by atoms with E-state index in [1.807, 2.05) is 113 Å². The van der Waals surface area contributed by atoms with Gasteiger partial charge in [0.25, 0.3) is 0 Å². The van der Waals surface area contributed by atoms with Crippen LogP contribution >= 0.6 is 0 Å². The van der Waals surface area contributed by atoms with Gasteiger partial charge in [0, 0.05) is 49.7 Å². The van der Waals surface area contributed by atoms with Crippen LogP contribution in [0.2, 0.25) is 0 Å². The van der Waals surface area contributed by atoms with Gasteiger partial charge in [0.1, 0.15) is 11.2 Å². The lowest BCUT2D eigenvalue weighted by atomic mass is 9.81. The molecule has 0 amide bonds. The van der Waals surface area contributed by atoms with Gasteiger partial charge in [0.15, 0.2) is 11.2 Å². The van der Waals surface area contributed by atoms with Gasteiger partial charge in [-0.2, -0.15) is 26.3 Å². The molecular formula is C57H36F6N2O2. The highest BCUT2D eigenvalue weighted by Gasteiger charge is 2.37. The van der Waals surface area contributed by atoms with E-state index in [1.54, 1.807) is 0 Å². The van der Waals surface area contributed by atoms with Crippen LogP contribution in [-0.2, 0) is 17.8 Å². The van der Waals surface area contributed by atoms with Gasteiger partial charge >= 0.3 is 12.4 Å². The molecule has 1 aliphatic rings. The second-order valence-corrected chi connectivity index (χ2v) is 17.5. The van der Waals surface area contributed by atoms with Gasteiger partial charge in [-0.3, -0.25) is 0 Å². The summed E-state index contributed by atoms with van der Waals surface area (Å²) in [7, 11) is 0. The van der Waals surface area contributed by atoms with Gasteiger partial charge < -0.3 is 18.6 Å². The van der Waals surface area contributed by atoms with Crippen LogP contribution in [0.15, 0.2) is 191 Å². The smallest absolute Gasteiger partial charge is 0.416 e. The van der Waals surface area contributed by atoms with Gasteiger partial charge in [-0.1, -0.05) is 86.6 Å². The maximum atomic E-state index is 13.9. The third-order valence-electron chi connectivity index (χ3n) is 13.3. The van der Waals surface area contributed by atoms with Crippen molar-refractivity contribution in [3.05, 3.63) is 204 Å². The first-order chi connectivity index (χ1) is 32.2. The van der Waals surface area contributed by atoms with Crippen LogP contribution in [0, 0.1) is 0 Å². The number of hydrogen-bond acceptors (Lipinski definition) is 4. The van der Waals surface area contributed by atoms with Crippen LogP contribution in [0.5, 0.6) is 0 Å². The molecule has 328 valence electrons. The first kappa shape index (κ1) is 40.5. The van der Waals surface area contributed by atoms with Gasteiger partial charge in [-0.05, 0) is 142 Å². The zero-order valence-corrected chi connectivity index (χ0v) is 35.8. The molecule has 10 heteroatoms. The summed E-state index contributed by atoms with van der Waals surface area (Å²) >= 11 is 0. The molecule has 4 nitrogen and oxygen atoms in total. The second-order valence-electron chi connectivity index (χ2n) is 17.5. The molecule has 2 aromatic heterocycles. The Bertz CT molecular complexity index is 3770. The van der Waals surface area contributed by atoms with E-state index in [2.05, 4.69) is 44.2 Å². The molecule has 12 rings (SSSR count). The summed E-state index contributed by atoms with van der Waals surface area (Å²) in [4.78, 5) is 3.88. The molecule has 0 saturated heterocycles. The van der Waals surface area contributed by atoms with Crippen molar-refractivity contribution in [1.29, 1.82) is 0 Å². The van der Waals surface area contributed by atoms with Crippen LogP contribution < -0.4 is 9.80 Å². The largest absolute Gasteiger partial charge is 0.454 e. The summed E-state index contributed by atoms with van der Waals surface area (Å²) in [6.45, 7) is 4.33. The SMILES string of the molecule is CC1(C)c2cc(N(c3ccc(C(F)(F)F)cc3)c3cccc4c3oc3ccccc34)ccc2-c2cc3ccc(N(c4ccc(C(F)(F)F)cc4)c4cccc5c4oc4ccccc45)cc3cc21. The van der Waals surface area contributed by atoms with Crippen LogP contribution in [-0.4, -0.2) is 0 Å². The number of benzene rings is 9. The zero-order valence-electron chi connectivity index (χ0n) is 35.8. The number of rotatable bonds is 6. The molecule has 1 aliphatic carbocycles. The Hall–Kier alpha value is -7.98. The van der Waals surface area contributed by atoms with Gasteiger partial charge in [0.05, 0.1) is 22.5 Å². The number of alkyl halides is 6. The number of para-hydroxylation sites is 4. The topological polar surface area (TPSA) is 32.8 Å². The normalized spacial score (nSPS) is 13.5. The Labute approximate surface area is 379 Å². The van der Waals surface area contributed by atoms with Crippen LogP contribution in [0.3, 0.4) is 0 Å². The maximum Gasteiger partial charge on any atom is 0.416 e. The predicted octanol–water partition coefficient (Wildman–Crippen LogP) is 17.9. The number of hydrogen-bond donors (Lipinski definition) is 0. The molecule has 0 unspecified atom stereocenters. The zero-order chi connectivity index (χ0) is 46.0. The average molecular weight is 895 g/mol. The summed E-state index contributed by atoms with van der Waals surface area (Å²) in [5.74, 6) is 0. The van der Waals surface area contributed by atoms with E-state index in [0.717, 1.165) is 90.2 Å². The third-order valence-corrected chi connectivity index (χ3v) is 13.3. The monoisotopic (exact) mass is 894 g/mol. The van der Waals surface area contributed by atoms with Crippen molar-refractivity contribution in [2.45, 2.75) is 31.6 Å². The lowest BCUT2D eigenvalue weighted by Gasteiger charge is -2.28. The summed E-state index contributed by atoms with van der Waals surface area (Å²) in [5.41, 5.74) is 8.66. The van der Waals surface area contributed by atoms with E-state index >= 15 is 0 Å². The lowest BCUT2D eigenvalue weighted by molar-refractivity contribution is -0.138. The molecule has 0 N–H and O–H groups in total. The van der Waals surface area contributed by atoms with Crippen molar-refractivity contribution < 1.29 is 35.2 Å². The Morgan fingerprint density at radius 1 is 0.388 bits per heavy atom. The number of anilines is 6. The van der Waals surface area contributed by atoms with E-state index in [4.69, 9.17) is 8.83 Å². The summed E-state index contributed by atoms with van der Waals surface area (Å²) in [6, 6.07) is 54.1. The van der Waals surface area contributed by atoms with E-state index in [9.17, 15) is 26.3 Å². The van der Waals surface area contributed by atoms with Crippen molar-refractivity contribution >= 4 is 88.8 Å². The fourth-order valence-corrected chi connectivity index (χ4v) is 10.0. The van der Waals surface area contributed by atoms with Gasteiger partial charge in [-0.15, -0.1) is 0 Å². The number of halogens is 6. The molecule has 67 heavy (non-hydrogen) atoms. The minimum absolute atomic E-state index is 0.526. The van der Waals surface area contributed by atoms with E-state index in [1.165, 1.54) is 24.3 Å². The number of furan rings is 2. The Morgan fingerprint density at radius 3 is 1.36 bits per heavy atom. The Balaban J connectivity index is 0.990. The molecule has 0 aliphatic heterocycles. The van der Waals surface area contributed by atoms with Crippen molar-refractivity contribution in [2.75, 3.05) is 9.80 Å². The van der Waals surface area contributed by atoms with Crippen LogP contribution in [0.25, 0.3) is 65.8 Å². The van der Waals surface area contributed by atoms with Gasteiger partial charge in [0.2, 0.25) is 0 Å².